The van der Waals surface area contributed by atoms with Crippen LogP contribution in [0.5, 0.6) is 0 Å². The summed E-state index contributed by atoms with van der Waals surface area (Å²) in [6, 6.07) is 16.5. The van der Waals surface area contributed by atoms with Gasteiger partial charge in [0.15, 0.2) is 5.11 Å². The summed E-state index contributed by atoms with van der Waals surface area (Å²) in [6.45, 7) is 5.10. The number of halogens is 1. The van der Waals surface area contributed by atoms with Crippen LogP contribution in [0.1, 0.15) is 42.4 Å². The molecule has 0 amide bonds. The predicted octanol–water partition coefficient (Wildman–Crippen LogP) is 5.22. The summed E-state index contributed by atoms with van der Waals surface area (Å²) in [7, 11) is 0. The maximum atomic E-state index is 6.24. The van der Waals surface area contributed by atoms with Gasteiger partial charge >= 0.3 is 0 Å². The summed E-state index contributed by atoms with van der Waals surface area (Å²) in [5.41, 5.74) is 4.33. The van der Waals surface area contributed by atoms with Crippen molar-refractivity contribution in [3.63, 3.8) is 0 Å². The minimum absolute atomic E-state index is 0.00213. The molecule has 28 heavy (non-hydrogen) atoms. The number of hydrogen-bond acceptors (Lipinski definition) is 2. The SMILES string of the molecule is CCCN1C(=S)N[C@H](c2ccccn2)[C@H]1c1cccn1-c1ccc(Cl)c(C)c1. The van der Waals surface area contributed by atoms with Gasteiger partial charge in [0.1, 0.15) is 0 Å². The summed E-state index contributed by atoms with van der Waals surface area (Å²) in [5.74, 6) is 0. The minimum atomic E-state index is 0.00213. The summed E-state index contributed by atoms with van der Waals surface area (Å²) in [5, 5.41) is 5.06. The Balaban J connectivity index is 1.81. The first kappa shape index (κ1) is 19.0. The fraction of sp³-hybridized carbons (Fsp3) is 0.273. The van der Waals surface area contributed by atoms with Crippen LogP contribution in [0.15, 0.2) is 60.9 Å². The number of nitrogens with one attached hydrogen (secondary N) is 1. The molecule has 0 unspecified atom stereocenters. The van der Waals surface area contributed by atoms with Gasteiger partial charge in [0, 0.05) is 35.3 Å². The molecule has 144 valence electrons. The first-order valence-corrected chi connectivity index (χ1v) is 10.3. The molecule has 0 radical (unpaired) electrons. The number of aromatic nitrogens is 2. The molecule has 0 spiro atoms. The topological polar surface area (TPSA) is 33.1 Å². The number of nitrogens with zero attached hydrogens (tertiary/aromatic N) is 3. The van der Waals surface area contributed by atoms with E-state index in [4.69, 9.17) is 23.8 Å². The third kappa shape index (κ3) is 3.40. The van der Waals surface area contributed by atoms with Crippen LogP contribution < -0.4 is 5.32 Å². The van der Waals surface area contributed by atoms with E-state index in [-0.39, 0.29) is 12.1 Å². The van der Waals surface area contributed by atoms with Crippen molar-refractivity contribution in [1.29, 1.82) is 0 Å². The van der Waals surface area contributed by atoms with Gasteiger partial charge in [-0.15, -0.1) is 0 Å². The Labute approximate surface area is 176 Å². The number of benzene rings is 1. The molecule has 4 nitrogen and oxygen atoms in total. The maximum absolute atomic E-state index is 6.24. The molecule has 1 N–H and O–H groups in total. The number of pyridine rings is 1. The summed E-state index contributed by atoms with van der Waals surface area (Å²) >= 11 is 11.9. The van der Waals surface area contributed by atoms with Gasteiger partial charge in [-0.2, -0.15) is 0 Å². The Bertz CT molecular complexity index is 985. The van der Waals surface area contributed by atoms with Crippen molar-refractivity contribution in [2.24, 2.45) is 0 Å². The minimum Gasteiger partial charge on any atom is -0.352 e. The van der Waals surface area contributed by atoms with Gasteiger partial charge in [-0.1, -0.05) is 24.6 Å². The van der Waals surface area contributed by atoms with Crippen LogP contribution in [-0.4, -0.2) is 26.1 Å². The molecule has 6 heteroatoms. The van der Waals surface area contributed by atoms with E-state index in [1.165, 1.54) is 5.69 Å². The molecule has 1 fully saturated rings. The van der Waals surface area contributed by atoms with E-state index in [0.717, 1.165) is 40.0 Å². The molecule has 3 aromatic rings. The normalized spacial score (nSPS) is 19.1. The Kier molecular flexibility index (Phi) is 5.38. The smallest absolute Gasteiger partial charge is 0.170 e. The number of aryl methyl sites for hydroxylation is 1. The van der Waals surface area contributed by atoms with Gasteiger partial charge in [0.2, 0.25) is 0 Å². The molecule has 0 bridgehead atoms. The monoisotopic (exact) mass is 410 g/mol. The van der Waals surface area contributed by atoms with Gasteiger partial charge in [-0.3, -0.25) is 4.98 Å². The molecular formula is C22H23ClN4S. The van der Waals surface area contributed by atoms with Crippen molar-refractivity contribution in [1.82, 2.24) is 19.8 Å². The van der Waals surface area contributed by atoms with E-state index in [9.17, 15) is 0 Å². The van der Waals surface area contributed by atoms with Gasteiger partial charge in [0.05, 0.1) is 17.8 Å². The van der Waals surface area contributed by atoms with Crippen LogP contribution >= 0.6 is 23.8 Å². The fourth-order valence-electron chi connectivity index (χ4n) is 3.86. The van der Waals surface area contributed by atoms with Gasteiger partial charge in [-0.05, 0) is 73.6 Å². The molecule has 0 saturated carbocycles. The van der Waals surface area contributed by atoms with Gasteiger partial charge < -0.3 is 14.8 Å². The second-order valence-corrected chi connectivity index (χ2v) is 7.85. The first-order chi connectivity index (χ1) is 13.6. The van der Waals surface area contributed by atoms with Crippen LogP contribution in [0.3, 0.4) is 0 Å². The quantitative estimate of drug-likeness (QED) is 0.585. The zero-order valence-corrected chi connectivity index (χ0v) is 17.5. The van der Waals surface area contributed by atoms with Crippen molar-refractivity contribution in [2.45, 2.75) is 32.4 Å². The highest BCUT2D eigenvalue weighted by atomic mass is 35.5. The van der Waals surface area contributed by atoms with E-state index < -0.39 is 0 Å². The lowest BCUT2D eigenvalue weighted by atomic mass is 10.0. The average molecular weight is 411 g/mol. The number of thiocarbonyl (C=S) groups is 1. The number of rotatable bonds is 5. The Hall–Kier alpha value is -2.37. The van der Waals surface area contributed by atoms with Crippen LogP contribution in [0.25, 0.3) is 5.69 Å². The van der Waals surface area contributed by atoms with Crippen molar-refractivity contribution in [3.05, 3.63) is 82.9 Å². The van der Waals surface area contributed by atoms with E-state index >= 15 is 0 Å². The van der Waals surface area contributed by atoms with Crippen LogP contribution in [-0.2, 0) is 0 Å². The molecule has 4 rings (SSSR count). The molecule has 2 atom stereocenters. The highest BCUT2D eigenvalue weighted by Crippen LogP contribution is 2.39. The van der Waals surface area contributed by atoms with Crippen LogP contribution in [0.4, 0.5) is 0 Å². The number of hydrogen-bond donors (Lipinski definition) is 1. The Morgan fingerprint density at radius 3 is 2.75 bits per heavy atom. The fourth-order valence-corrected chi connectivity index (χ4v) is 4.31. The molecule has 1 aliphatic heterocycles. The van der Waals surface area contributed by atoms with E-state index in [0.29, 0.717) is 0 Å². The van der Waals surface area contributed by atoms with Crippen molar-refractivity contribution in [2.75, 3.05) is 6.54 Å². The lowest BCUT2D eigenvalue weighted by molar-refractivity contribution is 0.309. The molecular weight excluding hydrogens is 388 g/mol. The van der Waals surface area contributed by atoms with E-state index in [1.807, 2.05) is 31.3 Å². The highest BCUT2D eigenvalue weighted by Gasteiger charge is 2.40. The Morgan fingerprint density at radius 2 is 2.04 bits per heavy atom. The highest BCUT2D eigenvalue weighted by molar-refractivity contribution is 7.80. The predicted molar refractivity (Wildman–Crippen MR) is 118 cm³/mol. The molecule has 1 saturated heterocycles. The molecule has 1 aromatic carbocycles. The van der Waals surface area contributed by atoms with E-state index in [1.54, 1.807) is 0 Å². The standard InChI is InChI=1S/C22H23ClN4S/c1-3-12-27-21(20(25-22(27)28)18-7-4-5-11-24-18)19-8-6-13-26(19)16-9-10-17(23)15(2)14-16/h4-11,13-14,20-21H,3,12H2,1-2H3,(H,25,28)/t20-,21-/m1/s1. The summed E-state index contributed by atoms with van der Waals surface area (Å²) in [6.07, 6.45) is 4.95. The Morgan fingerprint density at radius 1 is 1.18 bits per heavy atom. The first-order valence-electron chi connectivity index (χ1n) is 9.52. The van der Waals surface area contributed by atoms with E-state index in [2.05, 4.69) is 63.2 Å². The second-order valence-electron chi connectivity index (χ2n) is 7.06. The zero-order valence-electron chi connectivity index (χ0n) is 16.0. The maximum Gasteiger partial charge on any atom is 0.170 e. The average Bonchev–Trinajstić information content (AvgIpc) is 3.30. The summed E-state index contributed by atoms with van der Waals surface area (Å²) < 4.78 is 2.22. The van der Waals surface area contributed by atoms with Crippen molar-refractivity contribution in [3.8, 4) is 5.69 Å². The van der Waals surface area contributed by atoms with Gasteiger partial charge in [-0.25, -0.2) is 0 Å². The third-order valence-electron chi connectivity index (χ3n) is 5.17. The molecule has 3 heterocycles. The lowest BCUT2D eigenvalue weighted by Crippen LogP contribution is -2.31. The second kappa shape index (κ2) is 7.94. The molecule has 1 aliphatic rings. The summed E-state index contributed by atoms with van der Waals surface area (Å²) in [4.78, 5) is 6.88. The van der Waals surface area contributed by atoms with Crippen LogP contribution in [0.2, 0.25) is 5.02 Å². The lowest BCUT2D eigenvalue weighted by Gasteiger charge is -2.28. The van der Waals surface area contributed by atoms with Crippen molar-refractivity contribution >= 4 is 28.9 Å². The van der Waals surface area contributed by atoms with Crippen molar-refractivity contribution < 1.29 is 0 Å². The zero-order chi connectivity index (χ0) is 19.7. The van der Waals surface area contributed by atoms with Gasteiger partial charge in [0.25, 0.3) is 0 Å². The molecule has 0 aliphatic carbocycles. The largest absolute Gasteiger partial charge is 0.352 e. The molecule has 2 aromatic heterocycles. The van der Waals surface area contributed by atoms with Crippen LogP contribution in [0, 0.1) is 6.92 Å². The third-order valence-corrected chi connectivity index (χ3v) is 5.94.